The van der Waals surface area contributed by atoms with Crippen molar-refractivity contribution >= 4 is 11.9 Å². The molecule has 0 atom stereocenters. The molecule has 0 bridgehead atoms. The van der Waals surface area contributed by atoms with E-state index in [4.69, 9.17) is 4.74 Å². The van der Waals surface area contributed by atoms with E-state index < -0.39 is 12.7 Å². The lowest BCUT2D eigenvalue weighted by molar-refractivity contribution is -0.151. The second-order valence-electron chi connectivity index (χ2n) is 6.69. The Kier molecular flexibility index (Phi) is 6.89. The van der Waals surface area contributed by atoms with Crippen LogP contribution in [-0.2, 0) is 14.3 Å². The van der Waals surface area contributed by atoms with E-state index in [9.17, 15) is 22.8 Å². The Balaban J connectivity index is 1.49. The molecule has 1 saturated carbocycles. The number of hydrogen-bond acceptors (Lipinski definition) is 4. The summed E-state index contributed by atoms with van der Waals surface area (Å²) < 4.78 is 42.1. The Bertz CT molecular complexity index is 431. The van der Waals surface area contributed by atoms with Gasteiger partial charge in [0.1, 0.15) is 0 Å². The number of esters is 1. The highest BCUT2D eigenvalue weighted by Gasteiger charge is 2.32. The maximum Gasteiger partial charge on any atom is 0.401 e. The highest BCUT2D eigenvalue weighted by Crippen LogP contribution is 2.28. The molecular formula is C16H25F3N2O3. The van der Waals surface area contributed by atoms with Crippen molar-refractivity contribution in [1.82, 2.24) is 10.2 Å². The minimum atomic E-state index is -4.16. The Morgan fingerprint density at radius 2 is 1.79 bits per heavy atom. The first-order valence-corrected chi connectivity index (χ1v) is 8.56. The summed E-state index contributed by atoms with van der Waals surface area (Å²) in [4.78, 5) is 24.4. The summed E-state index contributed by atoms with van der Waals surface area (Å²) in [7, 11) is 0. The van der Waals surface area contributed by atoms with E-state index in [0.717, 1.165) is 12.8 Å². The van der Waals surface area contributed by atoms with Crippen molar-refractivity contribution in [2.24, 2.45) is 11.8 Å². The topological polar surface area (TPSA) is 58.6 Å². The normalized spacial score (nSPS) is 20.0. The largest absolute Gasteiger partial charge is 0.465 e. The average molecular weight is 350 g/mol. The van der Waals surface area contributed by atoms with Crippen LogP contribution in [0.3, 0.4) is 0 Å². The molecule has 0 aromatic heterocycles. The molecule has 24 heavy (non-hydrogen) atoms. The van der Waals surface area contributed by atoms with Gasteiger partial charge in [0.2, 0.25) is 5.91 Å². The number of carbonyl (C=O) groups excluding carboxylic acids is 2. The third kappa shape index (κ3) is 7.51. The summed E-state index contributed by atoms with van der Waals surface area (Å²) in [6.45, 7) is 0.642. The van der Waals surface area contributed by atoms with Crippen LogP contribution in [0, 0.1) is 11.8 Å². The maximum atomic E-state index is 12.3. The van der Waals surface area contributed by atoms with E-state index in [1.165, 1.54) is 4.90 Å². The molecule has 8 heteroatoms. The summed E-state index contributed by atoms with van der Waals surface area (Å²) >= 11 is 0. The Morgan fingerprint density at radius 3 is 2.38 bits per heavy atom. The van der Waals surface area contributed by atoms with Crippen molar-refractivity contribution in [3.05, 3.63) is 0 Å². The molecule has 0 aromatic rings. The Labute approximate surface area is 139 Å². The quantitative estimate of drug-likeness (QED) is 0.538. The summed E-state index contributed by atoms with van der Waals surface area (Å²) in [5.41, 5.74) is 0. The lowest BCUT2D eigenvalue weighted by Crippen LogP contribution is -2.40. The fourth-order valence-electron chi connectivity index (χ4n) is 2.78. The second-order valence-corrected chi connectivity index (χ2v) is 6.69. The summed E-state index contributed by atoms with van der Waals surface area (Å²) in [5, 5.41) is 2.78. The van der Waals surface area contributed by atoms with E-state index in [-0.39, 0.29) is 36.7 Å². The predicted molar refractivity (Wildman–Crippen MR) is 81.1 cm³/mol. The van der Waals surface area contributed by atoms with Crippen LogP contribution in [0.4, 0.5) is 13.2 Å². The summed E-state index contributed by atoms with van der Waals surface area (Å²) in [6, 6.07) is 0. The van der Waals surface area contributed by atoms with Crippen LogP contribution in [0.15, 0.2) is 0 Å². The third-order valence-electron chi connectivity index (χ3n) is 4.40. The first-order valence-electron chi connectivity index (χ1n) is 8.56. The maximum absolute atomic E-state index is 12.3. The smallest absolute Gasteiger partial charge is 0.401 e. The van der Waals surface area contributed by atoms with Crippen molar-refractivity contribution < 1.29 is 27.5 Å². The van der Waals surface area contributed by atoms with Gasteiger partial charge in [0.05, 0.1) is 13.2 Å². The number of nitrogens with one attached hydrogen (secondary N) is 1. The van der Waals surface area contributed by atoms with E-state index in [1.807, 2.05) is 0 Å². The van der Waals surface area contributed by atoms with Gasteiger partial charge in [-0.15, -0.1) is 0 Å². The SMILES string of the molecule is O=C(CCCNC(=O)C1CC1)OCC1CCN(CC(F)(F)F)CC1. The highest BCUT2D eigenvalue weighted by atomic mass is 19.4. The van der Waals surface area contributed by atoms with Gasteiger partial charge in [0.15, 0.2) is 0 Å². The van der Waals surface area contributed by atoms with Gasteiger partial charge < -0.3 is 10.1 Å². The van der Waals surface area contributed by atoms with Crippen LogP contribution < -0.4 is 5.32 Å². The number of ether oxygens (including phenoxy) is 1. The molecule has 1 heterocycles. The molecule has 2 rings (SSSR count). The zero-order chi connectivity index (χ0) is 17.6. The van der Waals surface area contributed by atoms with Gasteiger partial charge in [0.25, 0.3) is 0 Å². The minimum absolute atomic E-state index is 0.0639. The van der Waals surface area contributed by atoms with Crippen LogP contribution in [0.2, 0.25) is 0 Å². The van der Waals surface area contributed by atoms with Crippen molar-refractivity contribution in [3.8, 4) is 0 Å². The van der Waals surface area contributed by atoms with Gasteiger partial charge >= 0.3 is 12.1 Å². The molecule has 138 valence electrons. The van der Waals surface area contributed by atoms with Gasteiger partial charge in [-0.05, 0) is 51.1 Å². The number of piperidine rings is 1. The van der Waals surface area contributed by atoms with Crippen LogP contribution in [0.25, 0.3) is 0 Å². The van der Waals surface area contributed by atoms with Gasteiger partial charge in [-0.2, -0.15) is 13.2 Å². The minimum Gasteiger partial charge on any atom is -0.465 e. The molecule has 2 aliphatic rings. The van der Waals surface area contributed by atoms with Crippen molar-refractivity contribution in [1.29, 1.82) is 0 Å². The molecule has 5 nitrogen and oxygen atoms in total. The number of hydrogen-bond donors (Lipinski definition) is 1. The standard InChI is InChI=1S/C16H25F3N2O3/c17-16(18,19)11-21-8-5-12(6-9-21)10-24-14(22)2-1-7-20-15(23)13-3-4-13/h12-13H,1-11H2,(H,20,23). The van der Waals surface area contributed by atoms with Gasteiger partial charge in [-0.1, -0.05) is 0 Å². The lowest BCUT2D eigenvalue weighted by atomic mass is 9.98. The average Bonchev–Trinajstić information content (AvgIpc) is 3.34. The number of amides is 1. The van der Waals surface area contributed by atoms with Crippen LogP contribution in [0.5, 0.6) is 0 Å². The molecule has 1 aliphatic carbocycles. The zero-order valence-electron chi connectivity index (χ0n) is 13.7. The third-order valence-corrected chi connectivity index (χ3v) is 4.40. The molecular weight excluding hydrogens is 325 g/mol. The van der Waals surface area contributed by atoms with Crippen LogP contribution in [0.1, 0.15) is 38.5 Å². The number of alkyl halides is 3. The van der Waals surface area contributed by atoms with E-state index in [0.29, 0.717) is 38.9 Å². The van der Waals surface area contributed by atoms with Gasteiger partial charge in [0, 0.05) is 18.9 Å². The molecule has 1 saturated heterocycles. The number of nitrogens with zero attached hydrogens (tertiary/aromatic N) is 1. The van der Waals surface area contributed by atoms with Crippen molar-refractivity contribution in [2.45, 2.75) is 44.7 Å². The number of likely N-dealkylation sites (tertiary alicyclic amines) is 1. The second kappa shape index (κ2) is 8.69. The Morgan fingerprint density at radius 1 is 1.12 bits per heavy atom. The van der Waals surface area contributed by atoms with Gasteiger partial charge in [-0.25, -0.2) is 0 Å². The highest BCUT2D eigenvalue weighted by molar-refractivity contribution is 5.80. The molecule has 1 N–H and O–H groups in total. The number of rotatable bonds is 8. The first-order chi connectivity index (χ1) is 11.3. The molecule has 2 fully saturated rings. The fraction of sp³-hybridized carbons (Fsp3) is 0.875. The molecule has 0 aromatic carbocycles. The molecule has 1 aliphatic heterocycles. The fourth-order valence-corrected chi connectivity index (χ4v) is 2.78. The molecule has 1 amide bonds. The predicted octanol–water partition coefficient (Wildman–Crippen LogP) is 2.11. The monoisotopic (exact) mass is 350 g/mol. The zero-order valence-corrected chi connectivity index (χ0v) is 13.7. The van der Waals surface area contributed by atoms with E-state index in [2.05, 4.69) is 5.32 Å². The van der Waals surface area contributed by atoms with Crippen LogP contribution >= 0.6 is 0 Å². The Hall–Kier alpha value is -1.31. The molecule has 0 radical (unpaired) electrons. The van der Waals surface area contributed by atoms with Crippen molar-refractivity contribution in [3.63, 3.8) is 0 Å². The van der Waals surface area contributed by atoms with Gasteiger partial charge in [-0.3, -0.25) is 14.5 Å². The number of halogens is 3. The lowest BCUT2D eigenvalue weighted by Gasteiger charge is -2.31. The molecule has 0 unspecified atom stereocenters. The van der Waals surface area contributed by atoms with E-state index in [1.54, 1.807) is 0 Å². The van der Waals surface area contributed by atoms with E-state index >= 15 is 0 Å². The summed E-state index contributed by atoms with van der Waals surface area (Å²) in [6.07, 6.45) is -0.236. The molecule has 0 spiro atoms. The first kappa shape index (κ1) is 19.0. The van der Waals surface area contributed by atoms with Crippen LogP contribution in [-0.4, -0.2) is 55.7 Å². The number of carbonyl (C=O) groups is 2. The van der Waals surface area contributed by atoms with Crippen molar-refractivity contribution in [2.75, 3.05) is 32.8 Å². The summed E-state index contributed by atoms with van der Waals surface area (Å²) in [5.74, 6) is 0.0514.